The van der Waals surface area contributed by atoms with E-state index >= 15 is 0 Å². The van der Waals surface area contributed by atoms with E-state index in [0.29, 0.717) is 24.8 Å². The number of benzene rings is 2. The van der Waals surface area contributed by atoms with E-state index in [4.69, 9.17) is 5.73 Å². The number of rotatable bonds is 28. The van der Waals surface area contributed by atoms with Crippen molar-refractivity contribution in [3.05, 3.63) is 71.9 Å². The molecule has 5 unspecified atom stereocenters. The summed E-state index contributed by atoms with van der Waals surface area (Å²) in [6.07, 6.45) is -0.356. The standard InChI is InChI=1S/C43H62N10O11S2/c1-23(54)35(42(62)51-33(22-66)41(61)53-36(24(2)55)43(63)64)52-38(58)29(15-9-10-16-44)49-40(60)31(18-26-19-46-28-14-8-7-13-27(26)28)48-34(56)20-47-37(57)32(21-65)50-39(59)30(45-3)17-25-11-5-4-6-12-25/h4-8,11-14,19,23-24,29-33,35-36,45-46,54-55,65-66H,9-10,15-18,20-22,44H2,1-3H3,(H,47,57)(H,48,56)(H,49,60)(H,50,59)(H,51,62)(H,52,58)(H,53,61)(H,63,64)/t23?,24?,29?,30-,31-,32+,33+,35?,36?/m1/s1. The van der Waals surface area contributed by atoms with Gasteiger partial charge in [-0.25, -0.2) is 4.79 Å². The number of amides is 7. The van der Waals surface area contributed by atoms with Crippen LogP contribution in [0.15, 0.2) is 60.8 Å². The molecular weight excluding hydrogens is 897 g/mol. The number of para-hydroxylation sites is 1. The third-order valence-electron chi connectivity index (χ3n) is 10.4. The first-order valence-electron chi connectivity index (χ1n) is 21.3. The van der Waals surface area contributed by atoms with Crippen LogP contribution in [0, 0.1) is 0 Å². The summed E-state index contributed by atoms with van der Waals surface area (Å²) >= 11 is 8.29. The van der Waals surface area contributed by atoms with E-state index in [9.17, 15) is 53.7 Å². The Morgan fingerprint density at radius 1 is 0.636 bits per heavy atom. The van der Waals surface area contributed by atoms with E-state index in [0.717, 1.165) is 23.4 Å². The number of likely N-dealkylation sites (N-methyl/N-ethyl adjacent to an activating group) is 1. The second kappa shape index (κ2) is 27.7. The highest BCUT2D eigenvalue weighted by Gasteiger charge is 2.35. The van der Waals surface area contributed by atoms with E-state index in [2.05, 4.69) is 72.8 Å². The Bertz CT molecular complexity index is 2110. The molecule has 0 aliphatic heterocycles. The minimum atomic E-state index is -1.71. The van der Waals surface area contributed by atoms with Gasteiger partial charge in [0.25, 0.3) is 0 Å². The van der Waals surface area contributed by atoms with Crippen LogP contribution >= 0.6 is 25.3 Å². The zero-order valence-electron chi connectivity index (χ0n) is 36.9. The summed E-state index contributed by atoms with van der Waals surface area (Å²) < 4.78 is 0. The van der Waals surface area contributed by atoms with E-state index in [-0.39, 0.29) is 30.9 Å². The number of hydrogen-bond acceptors (Lipinski definition) is 14. The molecule has 1 aromatic heterocycles. The Morgan fingerprint density at radius 2 is 1.18 bits per heavy atom. The highest BCUT2D eigenvalue weighted by molar-refractivity contribution is 7.80. The quantitative estimate of drug-likeness (QED) is 0.0263. The van der Waals surface area contributed by atoms with Crippen molar-refractivity contribution in [1.82, 2.24) is 47.5 Å². The van der Waals surface area contributed by atoms with Crippen LogP contribution in [0.2, 0.25) is 0 Å². The topological polar surface area (TPSA) is 335 Å². The average molecular weight is 959 g/mol. The van der Waals surface area contributed by atoms with Gasteiger partial charge in [0.1, 0.15) is 30.2 Å². The smallest absolute Gasteiger partial charge is 0.328 e. The van der Waals surface area contributed by atoms with Gasteiger partial charge in [-0.1, -0.05) is 48.5 Å². The maximum absolute atomic E-state index is 14.2. The predicted molar refractivity (Wildman–Crippen MR) is 251 cm³/mol. The molecule has 0 radical (unpaired) electrons. The molecule has 0 aliphatic rings. The van der Waals surface area contributed by atoms with Crippen LogP contribution in [0.1, 0.15) is 44.2 Å². The molecule has 3 aromatic rings. The number of nitrogens with two attached hydrogens (primary N) is 1. The van der Waals surface area contributed by atoms with E-state index in [1.165, 1.54) is 6.92 Å². The number of carboxylic acid groups (broad SMARTS) is 1. The first-order chi connectivity index (χ1) is 31.4. The predicted octanol–water partition coefficient (Wildman–Crippen LogP) is -2.60. The Labute approximate surface area is 393 Å². The number of fused-ring (bicyclic) bond motifs is 1. The summed E-state index contributed by atoms with van der Waals surface area (Å²) in [6, 6.07) is 7.16. The van der Waals surface area contributed by atoms with Crippen LogP contribution in [-0.2, 0) is 51.2 Å². The fourth-order valence-electron chi connectivity index (χ4n) is 6.70. The molecule has 0 aliphatic carbocycles. The summed E-state index contributed by atoms with van der Waals surface area (Å²) in [5.41, 5.74) is 7.98. The summed E-state index contributed by atoms with van der Waals surface area (Å²) in [5.74, 6) is -7.73. The molecule has 2 aromatic carbocycles. The highest BCUT2D eigenvalue weighted by Crippen LogP contribution is 2.19. The van der Waals surface area contributed by atoms with Crippen LogP contribution in [0.5, 0.6) is 0 Å². The van der Waals surface area contributed by atoms with Gasteiger partial charge >= 0.3 is 5.97 Å². The highest BCUT2D eigenvalue weighted by atomic mass is 32.1. The van der Waals surface area contributed by atoms with Crippen LogP contribution in [0.3, 0.4) is 0 Å². The van der Waals surface area contributed by atoms with Gasteiger partial charge in [0.05, 0.1) is 24.8 Å². The third-order valence-corrected chi connectivity index (χ3v) is 11.2. The molecule has 14 N–H and O–H groups in total. The minimum absolute atomic E-state index is 0.000909. The van der Waals surface area contributed by atoms with Crippen molar-refractivity contribution >= 4 is 83.5 Å². The summed E-state index contributed by atoms with van der Waals surface area (Å²) in [6.45, 7) is 1.98. The lowest BCUT2D eigenvalue weighted by Crippen LogP contribution is -2.62. The van der Waals surface area contributed by atoms with Crippen molar-refractivity contribution in [2.24, 2.45) is 5.73 Å². The van der Waals surface area contributed by atoms with Crippen molar-refractivity contribution in [3.63, 3.8) is 0 Å². The monoisotopic (exact) mass is 958 g/mol. The van der Waals surface area contributed by atoms with Gasteiger partial charge in [-0.05, 0) is 70.3 Å². The normalized spacial score (nSPS) is 15.3. The van der Waals surface area contributed by atoms with Crippen LogP contribution < -0.4 is 48.3 Å². The summed E-state index contributed by atoms with van der Waals surface area (Å²) in [4.78, 5) is 109. The Morgan fingerprint density at radius 3 is 1.79 bits per heavy atom. The lowest BCUT2D eigenvalue weighted by molar-refractivity contribution is -0.145. The fourth-order valence-corrected chi connectivity index (χ4v) is 7.21. The number of carbonyl (C=O) groups excluding carboxylic acids is 7. The number of aromatic amines is 1. The number of thiol groups is 2. The Hall–Kier alpha value is -5.72. The number of aliphatic hydroxyl groups is 2. The van der Waals surface area contributed by atoms with Gasteiger partial charge in [-0.2, -0.15) is 25.3 Å². The number of H-pyrrole nitrogens is 1. The second-order valence-electron chi connectivity index (χ2n) is 15.6. The lowest BCUT2D eigenvalue weighted by atomic mass is 10.0. The minimum Gasteiger partial charge on any atom is -0.480 e. The van der Waals surface area contributed by atoms with E-state index in [1.54, 1.807) is 19.3 Å². The SMILES string of the molecule is CN[C@H](Cc1ccccc1)C(=O)N[C@@H](CS)C(=O)NCC(=O)N[C@H](Cc1c[nH]c2ccccc12)C(=O)NC(CCCCN)C(=O)NC(C(=O)N[C@@H](CS)C(=O)NC(C(=O)O)C(C)O)C(C)O. The van der Waals surface area contributed by atoms with Crippen molar-refractivity contribution < 1.29 is 53.7 Å². The molecule has 66 heavy (non-hydrogen) atoms. The zero-order valence-corrected chi connectivity index (χ0v) is 38.7. The maximum atomic E-state index is 14.2. The van der Waals surface area contributed by atoms with Crippen LogP contribution in [0.4, 0.5) is 0 Å². The maximum Gasteiger partial charge on any atom is 0.328 e. The third kappa shape index (κ3) is 16.9. The largest absolute Gasteiger partial charge is 0.480 e. The zero-order chi connectivity index (χ0) is 48.9. The van der Waals surface area contributed by atoms with Crippen LogP contribution in [0.25, 0.3) is 10.9 Å². The first kappa shape index (κ1) is 54.6. The van der Waals surface area contributed by atoms with Crippen molar-refractivity contribution in [2.45, 2.75) is 100 Å². The molecule has 0 bridgehead atoms. The summed E-state index contributed by atoms with van der Waals surface area (Å²) in [7, 11) is 1.62. The van der Waals surface area contributed by atoms with Gasteiger partial charge in [-0.3, -0.25) is 33.6 Å². The van der Waals surface area contributed by atoms with Gasteiger partial charge in [-0.15, -0.1) is 0 Å². The number of aliphatic hydroxyl groups excluding tert-OH is 2. The number of unbranched alkanes of at least 4 members (excludes halogenated alkanes) is 1. The Kier molecular flexibility index (Phi) is 22.9. The molecule has 0 spiro atoms. The van der Waals surface area contributed by atoms with Gasteiger partial charge in [0.2, 0.25) is 41.4 Å². The van der Waals surface area contributed by atoms with Crippen molar-refractivity contribution in [3.8, 4) is 0 Å². The molecule has 21 nitrogen and oxygen atoms in total. The molecule has 9 atom stereocenters. The van der Waals surface area contributed by atoms with Crippen molar-refractivity contribution in [2.75, 3.05) is 31.6 Å². The molecule has 23 heteroatoms. The molecule has 1 heterocycles. The molecule has 0 saturated carbocycles. The number of hydrogen-bond donors (Lipinski definition) is 15. The molecule has 0 fully saturated rings. The summed E-state index contributed by atoms with van der Waals surface area (Å²) in [5, 5.41) is 50.7. The molecule has 7 amide bonds. The fraction of sp³-hybridized carbons (Fsp3) is 0.488. The second-order valence-corrected chi connectivity index (χ2v) is 16.3. The number of carboxylic acids is 1. The molecule has 3 rings (SSSR count). The first-order valence-corrected chi connectivity index (χ1v) is 22.6. The van der Waals surface area contributed by atoms with Gasteiger partial charge in [0.15, 0.2) is 6.04 Å². The van der Waals surface area contributed by atoms with Crippen molar-refractivity contribution in [1.29, 1.82) is 0 Å². The number of carbonyl (C=O) groups is 8. The van der Waals surface area contributed by atoms with E-state index < -0.39 is 108 Å². The van der Waals surface area contributed by atoms with Crippen LogP contribution in [-0.4, -0.2) is 154 Å². The molecular formula is C43H62N10O11S2. The van der Waals surface area contributed by atoms with E-state index in [1.807, 2.05) is 48.5 Å². The Balaban J connectivity index is 1.79. The number of nitrogens with one attached hydrogen (secondary N) is 9. The van der Waals surface area contributed by atoms with Gasteiger partial charge in [0, 0.05) is 35.0 Å². The number of aliphatic carboxylic acids is 1. The average Bonchev–Trinajstić information content (AvgIpc) is 3.70. The van der Waals surface area contributed by atoms with Gasteiger partial charge < -0.3 is 68.6 Å². The molecule has 0 saturated heterocycles. The lowest BCUT2D eigenvalue weighted by Gasteiger charge is -2.28. The number of aromatic nitrogens is 1. The molecule has 362 valence electrons.